The molecule has 2 rings (SSSR count). The molecule has 0 aliphatic carbocycles. The van der Waals surface area contributed by atoms with Gasteiger partial charge in [0.05, 0.1) is 32.5 Å². The Kier molecular flexibility index (Phi) is 14.6. The van der Waals surface area contributed by atoms with Gasteiger partial charge >= 0.3 is 0 Å². The van der Waals surface area contributed by atoms with Crippen molar-refractivity contribution in [2.24, 2.45) is 0 Å². The van der Waals surface area contributed by atoms with Gasteiger partial charge in [-0.1, -0.05) is 33.6 Å². The summed E-state index contributed by atoms with van der Waals surface area (Å²) < 4.78 is 15.1. The number of aliphatic hydroxyl groups excluding tert-OH is 2. The molecular weight excluding hydrogens is 272 g/mol. The highest BCUT2D eigenvalue weighted by atomic mass is 16.6. The summed E-state index contributed by atoms with van der Waals surface area (Å²) in [7, 11) is 0. The molecule has 0 aromatic carbocycles. The average Bonchev–Trinajstić information content (AvgIpc) is 3.40. The molecule has 0 bridgehead atoms. The van der Waals surface area contributed by atoms with E-state index in [1.165, 1.54) is 12.8 Å². The molecule has 3 atom stereocenters. The second-order valence-electron chi connectivity index (χ2n) is 5.38. The highest BCUT2D eigenvalue weighted by molar-refractivity contribution is 4.71. The molecule has 0 aromatic rings. The molecule has 5 nitrogen and oxygen atoms in total. The SMILES string of the molecule is C(OCC1CO1)C1CO1.CCC(O)CCCO.CCCC. The van der Waals surface area contributed by atoms with Crippen LogP contribution in [0.25, 0.3) is 0 Å². The van der Waals surface area contributed by atoms with Crippen LogP contribution in [-0.4, -0.2) is 61.6 Å². The fraction of sp³-hybridized carbons (Fsp3) is 1.00. The van der Waals surface area contributed by atoms with Gasteiger partial charge in [-0.15, -0.1) is 0 Å². The minimum absolute atomic E-state index is 0.192. The largest absolute Gasteiger partial charge is 0.396 e. The third kappa shape index (κ3) is 17.7. The summed E-state index contributed by atoms with van der Waals surface area (Å²) >= 11 is 0. The van der Waals surface area contributed by atoms with Crippen molar-refractivity contribution in [1.29, 1.82) is 0 Å². The summed E-state index contributed by atoms with van der Waals surface area (Å²) in [5.41, 5.74) is 0. The molecule has 2 fully saturated rings. The number of aliphatic hydroxyl groups is 2. The first kappa shape index (κ1) is 20.8. The van der Waals surface area contributed by atoms with Gasteiger partial charge in [0.1, 0.15) is 12.2 Å². The molecule has 2 heterocycles. The van der Waals surface area contributed by atoms with Gasteiger partial charge in [-0.2, -0.15) is 0 Å². The molecule has 0 amide bonds. The van der Waals surface area contributed by atoms with Crippen LogP contribution in [0, 0.1) is 0 Å². The average molecular weight is 306 g/mol. The van der Waals surface area contributed by atoms with Crippen molar-refractivity contribution in [3.8, 4) is 0 Å². The maximum Gasteiger partial charge on any atom is 0.104 e. The molecule has 128 valence electrons. The Morgan fingerprint density at radius 2 is 1.52 bits per heavy atom. The summed E-state index contributed by atoms with van der Waals surface area (Å²) in [6.07, 6.45) is 5.46. The summed E-state index contributed by atoms with van der Waals surface area (Å²) in [6.45, 7) is 9.75. The van der Waals surface area contributed by atoms with Crippen molar-refractivity contribution in [3.05, 3.63) is 0 Å². The molecule has 5 heteroatoms. The maximum absolute atomic E-state index is 8.88. The number of epoxide rings is 2. The zero-order valence-electron chi connectivity index (χ0n) is 13.9. The molecule has 0 radical (unpaired) electrons. The molecule has 0 saturated carbocycles. The molecule has 0 spiro atoms. The van der Waals surface area contributed by atoms with Gasteiger partial charge < -0.3 is 24.4 Å². The lowest BCUT2D eigenvalue weighted by atomic mass is 10.2. The van der Waals surface area contributed by atoms with Crippen LogP contribution in [0.5, 0.6) is 0 Å². The van der Waals surface area contributed by atoms with E-state index in [0.717, 1.165) is 45.7 Å². The lowest BCUT2D eigenvalue weighted by molar-refractivity contribution is 0.102. The smallest absolute Gasteiger partial charge is 0.104 e. The Morgan fingerprint density at radius 3 is 1.81 bits per heavy atom. The summed E-state index contributed by atoms with van der Waals surface area (Å²) in [5, 5.41) is 17.2. The quantitative estimate of drug-likeness (QED) is 0.638. The topological polar surface area (TPSA) is 74.8 Å². The van der Waals surface area contributed by atoms with E-state index in [1.807, 2.05) is 6.92 Å². The van der Waals surface area contributed by atoms with Crippen molar-refractivity contribution in [1.82, 2.24) is 0 Å². The normalized spacial score (nSPS) is 23.3. The van der Waals surface area contributed by atoms with E-state index in [0.29, 0.717) is 12.2 Å². The van der Waals surface area contributed by atoms with E-state index < -0.39 is 0 Å². The van der Waals surface area contributed by atoms with Gasteiger partial charge in [-0.25, -0.2) is 0 Å². The van der Waals surface area contributed by atoms with E-state index in [1.54, 1.807) is 0 Å². The van der Waals surface area contributed by atoms with Crippen LogP contribution in [0.2, 0.25) is 0 Å². The molecule has 2 N–H and O–H groups in total. The zero-order chi connectivity index (χ0) is 15.9. The van der Waals surface area contributed by atoms with Crippen molar-refractivity contribution in [2.75, 3.05) is 33.0 Å². The maximum atomic E-state index is 8.88. The monoisotopic (exact) mass is 306 g/mol. The van der Waals surface area contributed by atoms with Crippen LogP contribution in [-0.2, 0) is 14.2 Å². The highest BCUT2D eigenvalue weighted by Gasteiger charge is 2.26. The minimum Gasteiger partial charge on any atom is -0.396 e. The van der Waals surface area contributed by atoms with Crippen LogP contribution < -0.4 is 0 Å². The van der Waals surface area contributed by atoms with Crippen molar-refractivity contribution >= 4 is 0 Å². The number of hydrogen-bond acceptors (Lipinski definition) is 5. The summed E-state index contributed by atoms with van der Waals surface area (Å²) in [5.74, 6) is 0. The molecular formula is C16H34O5. The fourth-order valence-electron chi connectivity index (χ4n) is 1.19. The Morgan fingerprint density at radius 1 is 1.05 bits per heavy atom. The zero-order valence-corrected chi connectivity index (χ0v) is 13.9. The van der Waals surface area contributed by atoms with Crippen LogP contribution in [0.15, 0.2) is 0 Å². The Bertz CT molecular complexity index is 191. The molecule has 2 aliphatic rings. The highest BCUT2D eigenvalue weighted by Crippen LogP contribution is 2.12. The summed E-state index contributed by atoms with van der Waals surface area (Å²) in [6, 6.07) is 0. The molecule has 3 unspecified atom stereocenters. The second-order valence-corrected chi connectivity index (χ2v) is 5.38. The van der Waals surface area contributed by atoms with Crippen LogP contribution in [0.1, 0.15) is 52.9 Å². The van der Waals surface area contributed by atoms with E-state index in [4.69, 9.17) is 24.4 Å². The second kappa shape index (κ2) is 14.7. The van der Waals surface area contributed by atoms with Crippen molar-refractivity contribution in [3.63, 3.8) is 0 Å². The van der Waals surface area contributed by atoms with Gasteiger partial charge in [0.15, 0.2) is 0 Å². The lowest BCUT2D eigenvalue weighted by Gasteiger charge is -2.03. The van der Waals surface area contributed by atoms with Gasteiger partial charge in [0.25, 0.3) is 0 Å². The van der Waals surface area contributed by atoms with Crippen LogP contribution >= 0.6 is 0 Å². The van der Waals surface area contributed by atoms with Crippen LogP contribution in [0.3, 0.4) is 0 Å². The first-order valence-corrected chi connectivity index (χ1v) is 8.27. The number of unbranched alkanes of at least 4 members (excludes halogenated alkanes) is 1. The van der Waals surface area contributed by atoms with Gasteiger partial charge in [0.2, 0.25) is 0 Å². The standard InChI is InChI=1S/C6H10O3.C6H14O2.C4H10/c1(5-3-8-5)7-2-6-4-9-6;1-2-6(8)4-3-5-7;1-3-4-2/h5-6H,1-4H2;6-8H,2-5H2,1H3;3-4H2,1-2H3. The van der Waals surface area contributed by atoms with E-state index >= 15 is 0 Å². The predicted octanol–water partition coefficient (Wildman–Crippen LogP) is 2.14. The summed E-state index contributed by atoms with van der Waals surface area (Å²) in [4.78, 5) is 0. The van der Waals surface area contributed by atoms with Gasteiger partial charge in [-0.05, 0) is 19.3 Å². The number of rotatable bonds is 9. The molecule has 21 heavy (non-hydrogen) atoms. The fourth-order valence-corrected chi connectivity index (χ4v) is 1.19. The predicted molar refractivity (Wildman–Crippen MR) is 83.5 cm³/mol. The van der Waals surface area contributed by atoms with E-state index in [2.05, 4.69) is 13.8 Å². The third-order valence-electron chi connectivity index (χ3n) is 3.08. The first-order chi connectivity index (χ1) is 10.2. The third-order valence-corrected chi connectivity index (χ3v) is 3.08. The lowest BCUT2D eigenvalue weighted by Crippen LogP contribution is -2.06. The number of hydrogen-bond donors (Lipinski definition) is 2. The Labute approximate surface area is 129 Å². The van der Waals surface area contributed by atoms with Crippen molar-refractivity contribution in [2.45, 2.75) is 71.2 Å². The van der Waals surface area contributed by atoms with E-state index in [-0.39, 0.29) is 12.7 Å². The van der Waals surface area contributed by atoms with Gasteiger partial charge in [-0.3, -0.25) is 0 Å². The number of ether oxygens (including phenoxy) is 3. The Hall–Kier alpha value is -0.200. The first-order valence-electron chi connectivity index (χ1n) is 8.27. The molecule has 2 saturated heterocycles. The van der Waals surface area contributed by atoms with Crippen molar-refractivity contribution < 1.29 is 24.4 Å². The van der Waals surface area contributed by atoms with E-state index in [9.17, 15) is 0 Å². The Balaban J connectivity index is 0.000000310. The molecule has 2 aliphatic heterocycles. The van der Waals surface area contributed by atoms with Crippen LogP contribution in [0.4, 0.5) is 0 Å². The minimum atomic E-state index is -0.206. The van der Waals surface area contributed by atoms with Gasteiger partial charge in [0, 0.05) is 6.61 Å². The molecule has 0 aromatic heterocycles.